The van der Waals surface area contributed by atoms with Crippen LogP contribution in [-0.4, -0.2) is 24.5 Å². The fourth-order valence-corrected chi connectivity index (χ4v) is 3.17. The number of primary sulfonamides is 1. The number of aromatic nitrogens is 2. The van der Waals surface area contributed by atoms with Gasteiger partial charge in [-0.25, -0.2) is 22.9 Å². The summed E-state index contributed by atoms with van der Waals surface area (Å²) in [6.07, 6.45) is 3.66. The minimum atomic E-state index is -3.71. The Morgan fingerprint density at radius 3 is 2.32 bits per heavy atom. The fraction of sp³-hybridized carbons (Fsp3) is 0.158. The van der Waals surface area contributed by atoms with E-state index in [2.05, 4.69) is 10.3 Å². The molecule has 0 radical (unpaired) electrons. The lowest BCUT2D eigenvalue weighted by Gasteiger charge is -2.09. The van der Waals surface area contributed by atoms with Gasteiger partial charge in [-0.3, -0.25) is 4.79 Å². The number of hydrogen-bond donors (Lipinski definition) is 2. The van der Waals surface area contributed by atoms with E-state index in [0.717, 1.165) is 11.1 Å². The molecule has 0 aliphatic rings. The van der Waals surface area contributed by atoms with Crippen molar-refractivity contribution in [3.05, 3.63) is 88.2 Å². The number of sulfonamides is 1. The molecule has 3 rings (SSSR count). The largest absolute Gasteiger partial charge is 0.365 e. The Hall–Kier alpha value is -3.04. The van der Waals surface area contributed by atoms with Crippen LogP contribution in [0, 0.1) is 5.82 Å². The molecule has 1 heterocycles. The summed E-state index contributed by atoms with van der Waals surface area (Å²) in [6, 6.07) is 12.2. The summed E-state index contributed by atoms with van der Waals surface area (Å²) in [4.78, 5) is 16.6. The molecule has 9 heteroatoms. The highest BCUT2D eigenvalue weighted by Crippen LogP contribution is 2.09. The Balaban J connectivity index is 1.63. The summed E-state index contributed by atoms with van der Waals surface area (Å²) >= 11 is 0. The maximum absolute atomic E-state index is 13.0. The van der Waals surface area contributed by atoms with Crippen LogP contribution in [0.2, 0.25) is 0 Å². The van der Waals surface area contributed by atoms with E-state index >= 15 is 0 Å². The van der Waals surface area contributed by atoms with Crippen LogP contribution in [0.3, 0.4) is 0 Å². The number of nitrogens with zero attached hydrogens (tertiary/aromatic N) is 2. The molecule has 1 aromatic heterocycles. The van der Waals surface area contributed by atoms with Crippen LogP contribution < -0.4 is 16.0 Å². The molecule has 2 aromatic carbocycles. The van der Waals surface area contributed by atoms with Crippen LogP contribution in [0.5, 0.6) is 0 Å². The van der Waals surface area contributed by atoms with Gasteiger partial charge in [0.15, 0.2) is 5.82 Å². The molecule has 0 bridgehead atoms. The molecular weight excluding hydrogens is 383 g/mol. The second-order valence-corrected chi connectivity index (χ2v) is 7.76. The molecular formula is C19H19FN4O3S. The molecule has 146 valence electrons. The first kappa shape index (κ1) is 19.7. The average molecular weight is 402 g/mol. The number of anilines is 1. The molecule has 0 fully saturated rings. The predicted octanol–water partition coefficient (Wildman–Crippen LogP) is 1.73. The lowest BCUT2D eigenvalue weighted by Crippen LogP contribution is -2.25. The Kier molecular flexibility index (Phi) is 5.86. The zero-order chi connectivity index (χ0) is 20.1. The van der Waals surface area contributed by atoms with Gasteiger partial charge in [-0.05, 0) is 41.8 Å². The Bertz CT molecular complexity index is 1110. The van der Waals surface area contributed by atoms with Gasteiger partial charge in [0.2, 0.25) is 10.0 Å². The van der Waals surface area contributed by atoms with Gasteiger partial charge in [-0.15, -0.1) is 0 Å². The number of halogens is 1. The summed E-state index contributed by atoms with van der Waals surface area (Å²) in [5.41, 5.74) is 1.41. The molecule has 0 saturated carbocycles. The summed E-state index contributed by atoms with van der Waals surface area (Å²) in [5.74, 6) is -0.115. The first-order valence-corrected chi connectivity index (χ1v) is 10.0. The Morgan fingerprint density at radius 1 is 1.04 bits per heavy atom. The van der Waals surface area contributed by atoms with Crippen molar-refractivity contribution < 1.29 is 12.8 Å². The SMILES string of the molecule is NS(=O)(=O)c1ccc(CCNc2nccn(Cc3ccc(F)cc3)c2=O)cc1. The van der Waals surface area contributed by atoms with Crippen LogP contribution in [0.4, 0.5) is 10.2 Å². The van der Waals surface area contributed by atoms with E-state index in [0.29, 0.717) is 19.5 Å². The Morgan fingerprint density at radius 2 is 1.68 bits per heavy atom. The van der Waals surface area contributed by atoms with Gasteiger partial charge in [0.05, 0.1) is 11.4 Å². The third-order valence-corrected chi connectivity index (χ3v) is 5.07. The molecule has 0 unspecified atom stereocenters. The molecule has 0 saturated heterocycles. The van der Waals surface area contributed by atoms with E-state index in [1.165, 1.54) is 35.0 Å². The summed E-state index contributed by atoms with van der Waals surface area (Å²) in [6.45, 7) is 0.753. The van der Waals surface area contributed by atoms with Crippen molar-refractivity contribution in [2.24, 2.45) is 5.14 Å². The third kappa shape index (κ3) is 5.02. The minimum Gasteiger partial charge on any atom is -0.365 e. The highest BCUT2D eigenvalue weighted by Gasteiger charge is 2.08. The van der Waals surface area contributed by atoms with Crippen molar-refractivity contribution in [2.75, 3.05) is 11.9 Å². The topological polar surface area (TPSA) is 107 Å². The molecule has 3 aromatic rings. The predicted molar refractivity (Wildman–Crippen MR) is 104 cm³/mol. The molecule has 28 heavy (non-hydrogen) atoms. The first-order chi connectivity index (χ1) is 13.3. The van der Waals surface area contributed by atoms with Crippen LogP contribution >= 0.6 is 0 Å². The number of rotatable bonds is 7. The number of nitrogens with two attached hydrogens (primary N) is 1. The fourth-order valence-electron chi connectivity index (χ4n) is 2.65. The van der Waals surface area contributed by atoms with Gasteiger partial charge in [0, 0.05) is 18.9 Å². The molecule has 0 atom stereocenters. The summed E-state index contributed by atoms with van der Waals surface area (Å²) in [5, 5.41) is 8.07. The van der Waals surface area contributed by atoms with Crippen molar-refractivity contribution in [1.29, 1.82) is 0 Å². The van der Waals surface area contributed by atoms with Gasteiger partial charge in [0.1, 0.15) is 5.82 Å². The molecule has 3 N–H and O–H groups in total. The van der Waals surface area contributed by atoms with E-state index in [1.807, 2.05) is 0 Å². The van der Waals surface area contributed by atoms with Gasteiger partial charge in [-0.2, -0.15) is 0 Å². The van der Waals surface area contributed by atoms with E-state index < -0.39 is 10.0 Å². The molecule has 0 amide bonds. The standard InChI is InChI=1S/C19H19FN4O3S/c20-16-5-1-15(2-6-16)13-24-12-11-23-18(19(24)25)22-10-9-14-3-7-17(8-4-14)28(21,26)27/h1-8,11-12H,9-10,13H2,(H,22,23)(H2,21,26,27). The second-order valence-electron chi connectivity index (χ2n) is 6.20. The van der Waals surface area contributed by atoms with Crippen molar-refractivity contribution >= 4 is 15.8 Å². The zero-order valence-electron chi connectivity index (χ0n) is 14.9. The number of hydrogen-bond acceptors (Lipinski definition) is 5. The lowest BCUT2D eigenvalue weighted by molar-refractivity contribution is 0.597. The highest BCUT2D eigenvalue weighted by molar-refractivity contribution is 7.89. The van der Waals surface area contributed by atoms with Crippen LogP contribution in [-0.2, 0) is 23.0 Å². The number of benzene rings is 2. The number of nitrogens with one attached hydrogen (secondary N) is 1. The van der Waals surface area contributed by atoms with Gasteiger partial charge >= 0.3 is 0 Å². The van der Waals surface area contributed by atoms with Crippen molar-refractivity contribution in [2.45, 2.75) is 17.9 Å². The minimum absolute atomic E-state index is 0.0533. The summed E-state index contributed by atoms with van der Waals surface area (Å²) < 4.78 is 37.0. The van der Waals surface area contributed by atoms with Gasteiger partial charge in [0.25, 0.3) is 5.56 Å². The first-order valence-electron chi connectivity index (χ1n) is 8.48. The normalized spacial score (nSPS) is 11.4. The van der Waals surface area contributed by atoms with E-state index in [9.17, 15) is 17.6 Å². The lowest BCUT2D eigenvalue weighted by atomic mass is 10.1. The molecule has 0 aliphatic heterocycles. The van der Waals surface area contributed by atoms with E-state index in [4.69, 9.17) is 5.14 Å². The van der Waals surface area contributed by atoms with Crippen LogP contribution in [0.25, 0.3) is 0 Å². The van der Waals surface area contributed by atoms with E-state index in [1.54, 1.807) is 30.5 Å². The van der Waals surface area contributed by atoms with Crippen molar-refractivity contribution in [3.8, 4) is 0 Å². The van der Waals surface area contributed by atoms with Crippen LogP contribution in [0.1, 0.15) is 11.1 Å². The second kappa shape index (κ2) is 8.32. The smallest absolute Gasteiger partial charge is 0.293 e. The third-order valence-electron chi connectivity index (χ3n) is 4.14. The quantitative estimate of drug-likeness (QED) is 0.626. The van der Waals surface area contributed by atoms with Crippen molar-refractivity contribution in [1.82, 2.24) is 9.55 Å². The summed E-state index contributed by atoms with van der Waals surface area (Å²) in [7, 11) is -3.71. The van der Waals surface area contributed by atoms with Crippen molar-refractivity contribution in [3.63, 3.8) is 0 Å². The molecule has 0 spiro atoms. The van der Waals surface area contributed by atoms with Gasteiger partial charge < -0.3 is 9.88 Å². The van der Waals surface area contributed by atoms with E-state index in [-0.39, 0.29) is 22.1 Å². The zero-order valence-corrected chi connectivity index (χ0v) is 15.7. The Labute approximate surface area is 161 Å². The van der Waals surface area contributed by atoms with Crippen LogP contribution in [0.15, 0.2) is 70.6 Å². The van der Waals surface area contributed by atoms with Gasteiger partial charge in [-0.1, -0.05) is 24.3 Å². The average Bonchev–Trinajstić information content (AvgIpc) is 2.66. The highest BCUT2D eigenvalue weighted by atomic mass is 32.2. The molecule has 7 nitrogen and oxygen atoms in total. The maximum atomic E-state index is 13.0. The molecule has 0 aliphatic carbocycles. The maximum Gasteiger partial charge on any atom is 0.293 e. The monoisotopic (exact) mass is 402 g/mol.